The molecule has 0 spiro atoms. The van der Waals surface area contributed by atoms with Crippen molar-refractivity contribution < 1.29 is 0 Å². The van der Waals surface area contributed by atoms with E-state index < -0.39 is 0 Å². The Kier molecular flexibility index (Phi) is 2.48. The average molecular weight is 249 g/mol. The molecule has 3 heteroatoms. The lowest BCUT2D eigenvalue weighted by molar-refractivity contribution is 1.01. The van der Waals surface area contributed by atoms with Crippen molar-refractivity contribution in [3.63, 3.8) is 0 Å². The summed E-state index contributed by atoms with van der Waals surface area (Å²) in [7, 11) is 0. The highest BCUT2D eigenvalue weighted by atomic mass is 32.2. The summed E-state index contributed by atoms with van der Waals surface area (Å²) >= 11 is 4.15. The van der Waals surface area contributed by atoms with E-state index in [0.717, 1.165) is 0 Å². The summed E-state index contributed by atoms with van der Waals surface area (Å²) in [6, 6.07) is 8.63. The number of benzene rings is 1. The maximum absolute atomic E-state index is 3.50. The number of hydrogen-bond donors (Lipinski definition) is 1. The third-order valence-corrected chi connectivity index (χ3v) is 6.48. The Morgan fingerprint density at radius 3 is 2.62 bits per heavy atom. The summed E-state index contributed by atoms with van der Waals surface area (Å²) < 4.78 is 0.240. The van der Waals surface area contributed by atoms with Crippen molar-refractivity contribution in [1.29, 1.82) is 0 Å². The number of fused-ring (bicyclic) bond motifs is 1. The molecule has 1 aliphatic heterocycles. The third kappa shape index (κ3) is 1.49. The summed E-state index contributed by atoms with van der Waals surface area (Å²) in [5.41, 5.74) is 4.09. The highest BCUT2D eigenvalue weighted by Crippen LogP contribution is 2.54. The lowest BCUT2D eigenvalue weighted by atomic mass is 10.1. The Morgan fingerprint density at radius 1 is 1.19 bits per heavy atom. The molecule has 0 unspecified atom stereocenters. The molecular weight excluding hydrogens is 234 g/mol. The lowest BCUT2D eigenvalue weighted by Crippen LogP contribution is -2.09. The molecule has 1 nitrogen and oxygen atoms in total. The molecule has 1 fully saturated rings. The minimum Gasteiger partial charge on any atom is -0.358 e. The van der Waals surface area contributed by atoms with Crippen LogP contribution in [-0.4, -0.2) is 16.5 Å². The number of thioether (sulfide) groups is 2. The zero-order valence-corrected chi connectivity index (χ0v) is 11.2. The van der Waals surface area contributed by atoms with E-state index in [1.165, 1.54) is 33.7 Å². The molecule has 16 heavy (non-hydrogen) atoms. The van der Waals surface area contributed by atoms with Gasteiger partial charge in [-0.1, -0.05) is 18.2 Å². The van der Waals surface area contributed by atoms with Crippen LogP contribution in [0.3, 0.4) is 0 Å². The molecule has 0 atom stereocenters. The summed E-state index contributed by atoms with van der Waals surface area (Å²) in [5.74, 6) is 2.53. The molecule has 0 amide bonds. The van der Waals surface area contributed by atoms with Gasteiger partial charge in [-0.15, -0.1) is 23.5 Å². The third-order valence-electron chi connectivity index (χ3n) is 3.19. The molecule has 0 aliphatic carbocycles. The predicted octanol–water partition coefficient (Wildman–Crippen LogP) is 4.13. The summed E-state index contributed by atoms with van der Waals surface area (Å²) in [6.07, 6.45) is 0. The normalized spacial score (nSPS) is 19.4. The Morgan fingerprint density at radius 2 is 1.88 bits per heavy atom. The minimum absolute atomic E-state index is 0.240. The minimum atomic E-state index is 0.240. The van der Waals surface area contributed by atoms with Gasteiger partial charge in [-0.05, 0) is 19.9 Å². The van der Waals surface area contributed by atoms with Crippen LogP contribution >= 0.6 is 23.5 Å². The average Bonchev–Trinajstić information content (AvgIpc) is 2.81. The van der Waals surface area contributed by atoms with Crippen molar-refractivity contribution in [2.45, 2.75) is 17.9 Å². The fourth-order valence-corrected chi connectivity index (χ4v) is 5.61. The summed E-state index contributed by atoms with van der Waals surface area (Å²) in [5, 5.41) is 1.39. The van der Waals surface area contributed by atoms with Crippen LogP contribution in [0.5, 0.6) is 0 Å². The molecule has 3 rings (SSSR count). The molecule has 2 heterocycles. The van der Waals surface area contributed by atoms with E-state index in [2.05, 4.69) is 66.6 Å². The number of nitrogens with one attached hydrogen (secondary N) is 1. The van der Waals surface area contributed by atoms with Crippen LogP contribution in [-0.2, 0) is 4.08 Å². The number of hydrogen-bond acceptors (Lipinski definition) is 2. The van der Waals surface area contributed by atoms with Gasteiger partial charge in [-0.3, -0.25) is 0 Å². The maximum atomic E-state index is 3.50. The second-order valence-electron chi connectivity index (χ2n) is 4.31. The van der Waals surface area contributed by atoms with Crippen LogP contribution in [0.4, 0.5) is 0 Å². The van der Waals surface area contributed by atoms with E-state index in [0.29, 0.717) is 0 Å². The van der Waals surface area contributed by atoms with E-state index >= 15 is 0 Å². The number of para-hydroxylation sites is 1. The van der Waals surface area contributed by atoms with Crippen molar-refractivity contribution in [2.75, 3.05) is 11.5 Å². The van der Waals surface area contributed by atoms with Gasteiger partial charge in [0.1, 0.15) is 0 Å². The molecule has 1 aliphatic rings. The summed E-state index contributed by atoms with van der Waals surface area (Å²) in [4.78, 5) is 3.50. The molecule has 0 bridgehead atoms. The number of aromatic nitrogens is 1. The molecule has 2 aromatic rings. The second-order valence-corrected chi connectivity index (χ2v) is 7.60. The van der Waals surface area contributed by atoms with Gasteiger partial charge in [-0.25, -0.2) is 0 Å². The Bertz CT molecular complexity index is 524. The van der Waals surface area contributed by atoms with Crippen LogP contribution in [0.1, 0.15) is 18.2 Å². The van der Waals surface area contributed by atoms with E-state index in [1.807, 2.05) is 0 Å². The SMILES string of the molecule is Cc1[nH]c2ccccc2c1C1(C)SCCS1. The maximum Gasteiger partial charge on any atom is 0.0855 e. The first-order chi connectivity index (χ1) is 7.71. The van der Waals surface area contributed by atoms with Gasteiger partial charge in [0.2, 0.25) is 0 Å². The van der Waals surface area contributed by atoms with Crippen LogP contribution in [0.15, 0.2) is 24.3 Å². The number of rotatable bonds is 1. The first-order valence-electron chi connectivity index (χ1n) is 5.56. The molecule has 1 aromatic carbocycles. The predicted molar refractivity (Wildman–Crippen MR) is 75.3 cm³/mol. The first kappa shape index (κ1) is 10.6. The van der Waals surface area contributed by atoms with Gasteiger partial charge in [0, 0.05) is 33.7 Å². The lowest BCUT2D eigenvalue weighted by Gasteiger charge is -2.22. The van der Waals surface area contributed by atoms with Gasteiger partial charge >= 0.3 is 0 Å². The van der Waals surface area contributed by atoms with Crippen molar-refractivity contribution in [2.24, 2.45) is 0 Å². The van der Waals surface area contributed by atoms with Gasteiger partial charge < -0.3 is 4.98 Å². The smallest absolute Gasteiger partial charge is 0.0855 e. The zero-order valence-electron chi connectivity index (χ0n) is 9.54. The zero-order chi connectivity index (χ0) is 11.2. The number of aryl methyl sites for hydroxylation is 1. The standard InChI is InChI=1S/C13H15NS2/c1-9-12(13(2)15-7-8-16-13)10-5-3-4-6-11(10)14-9/h3-6,14H,7-8H2,1-2H3. The first-order valence-corrected chi connectivity index (χ1v) is 7.53. The molecular formula is C13H15NS2. The summed E-state index contributed by atoms with van der Waals surface area (Å²) in [6.45, 7) is 4.55. The number of H-pyrrole nitrogens is 1. The molecule has 1 saturated heterocycles. The quantitative estimate of drug-likeness (QED) is 0.818. The van der Waals surface area contributed by atoms with Gasteiger partial charge in [0.25, 0.3) is 0 Å². The Balaban J connectivity index is 2.26. The van der Waals surface area contributed by atoms with Crippen molar-refractivity contribution in [1.82, 2.24) is 4.98 Å². The molecule has 1 aromatic heterocycles. The van der Waals surface area contributed by atoms with Crippen LogP contribution in [0.25, 0.3) is 10.9 Å². The van der Waals surface area contributed by atoms with E-state index in [1.54, 1.807) is 0 Å². The fourth-order valence-electron chi connectivity index (χ4n) is 2.52. The van der Waals surface area contributed by atoms with Gasteiger partial charge in [-0.2, -0.15) is 0 Å². The van der Waals surface area contributed by atoms with Crippen LogP contribution < -0.4 is 0 Å². The van der Waals surface area contributed by atoms with Crippen molar-refractivity contribution in [3.05, 3.63) is 35.5 Å². The van der Waals surface area contributed by atoms with Crippen molar-refractivity contribution >= 4 is 34.4 Å². The van der Waals surface area contributed by atoms with E-state index in [9.17, 15) is 0 Å². The Labute approximate surface area is 104 Å². The topological polar surface area (TPSA) is 15.8 Å². The van der Waals surface area contributed by atoms with E-state index in [-0.39, 0.29) is 4.08 Å². The largest absolute Gasteiger partial charge is 0.358 e. The van der Waals surface area contributed by atoms with Gasteiger partial charge in [0.05, 0.1) is 4.08 Å². The monoisotopic (exact) mass is 249 g/mol. The Hall–Kier alpha value is -0.540. The van der Waals surface area contributed by atoms with Crippen molar-refractivity contribution in [3.8, 4) is 0 Å². The highest BCUT2D eigenvalue weighted by molar-refractivity contribution is 8.20. The van der Waals surface area contributed by atoms with Gasteiger partial charge in [0.15, 0.2) is 0 Å². The molecule has 84 valence electrons. The number of aromatic amines is 1. The second kappa shape index (κ2) is 3.74. The fraction of sp³-hybridized carbons (Fsp3) is 0.385. The molecule has 0 radical (unpaired) electrons. The van der Waals surface area contributed by atoms with Crippen LogP contribution in [0.2, 0.25) is 0 Å². The molecule has 0 saturated carbocycles. The van der Waals surface area contributed by atoms with E-state index in [4.69, 9.17) is 0 Å². The highest BCUT2D eigenvalue weighted by Gasteiger charge is 2.35. The van der Waals surface area contributed by atoms with Crippen LogP contribution in [0, 0.1) is 6.92 Å². The molecule has 1 N–H and O–H groups in total.